The van der Waals surface area contributed by atoms with Gasteiger partial charge in [0.2, 0.25) is 11.8 Å². The van der Waals surface area contributed by atoms with Gasteiger partial charge in [0, 0.05) is 24.4 Å². The van der Waals surface area contributed by atoms with Crippen molar-refractivity contribution in [3.05, 3.63) is 10.6 Å². The Bertz CT molecular complexity index is 495. The molecule has 2 atom stereocenters. The van der Waals surface area contributed by atoms with Crippen LogP contribution in [0.4, 0.5) is 5.13 Å². The number of nitrogens with zero attached hydrogens (tertiary/aromatic N) is 2. The van der Waals surface area contributed by atoms with Crippen LogP contribution < -0.4 is 10.2 Å². The average molecular weight is 249 g/mol. The van der Waals surface area contributed by atoms with Gasteiger partial charge < -0.3 is 5.32 Å². The van der Waals surface area contributed by atoms with Gasteiger partial charge in [0.15, 0.2) is 5.13 Å². The van der Waals surface area contributed by atoms with Gasteiger partial charge in [-0.05, 0) is 6.42 Å². The lowest BCUT2D eigenvalue weighted by atomic mass is 10.2. The highest BCUT2D eigenvalue weighted by Crippen LogP contribution is 2.49. The summed E-state index contributed by atoms with van der Waals surface area (Å²) in [5.74, 6) is -0.166. The van der Waals surface area contributed by atoms with E-state index in [1.54, 1.807) is 0 Å². The molecule has 88 valence electrons. The normalized spacial score (nSPS) is 30.5. The first-order valence-electron chi connectivity index (χ1n) is 5.83. The molecule has 0 aromatic carbocycles. The van der Waals surface area contributed by atoms with E-state index < -0.39 is 0 Å². The molecule has 17 heavy (non-hydrogen) atoms. The van der Waals surface area contributed by atoms with Gasteiger partial charge in [0.1, 0.15) is 0 Å². The van der Waals surface area contributed by atoms with Gasteiger partial charge >= 0.3 is 0 Å². The van der Waals surface area contributed by atoms with Gasteiger partial charge in [-0.25, -0.2) is 9.88 Å². The molecular formula is C11H11N3O2S. The van der Waals surface area contributed by atoms with Crippen LogP contribution in [-0.2, 0) is 22.6 Å². The lowest BCUT2D eigenvalue weighted by Gasteiger charge is -2.11. The summed E-state index contributed by atoms with van der Waals surface area (Å²) in [5, 5.41) is 3.85. The van der Waals surface area contributed by atoms with Crippen LogP contribution in [0.3, 0.4) is 0 Å². The summed E-state index contributed by atoms with van der Waals surface area (Å²) in [5.41, 5.74) is 1.05. The van der Waals surface area contributed by atoms with Crippen LogP contribution in [-0.4, -0.2) is 23.3 Å². The Morgan fingerprint density at radius 2 is 2.06 bits per heavy atom. The standard InChI is InChI=1S/C11H11N3O2S/c15-9-5-3-6(5)10(16)14(9)11-13-7-1-2-12-4-8(7)17-11/h5-6,12H,1-4H2. The Kier molecular flexibility index (Phi) is 1.80. The Balaban J connectivity index is 1.73. The lowest BCUT2D eigenvalue weighted by Crippen LogP contribution is -2.32. The van der Waals surface area contributed by atoms with Gasteiger partial charge in [0.25, 0.3) is 0 Å². The highest BCUT2D eigenvalue weighted by molar-refractivity contribution is 7.16. The van der Waals surface area contributed by atoms with E-state index in [4.69, 9.17) is 0 Å². The first-order valence-corrected chi connectivity index (χ1v) is 6.64. The number of anilines is 1. The Hall–Kier alpha value is -1.27. The number of fused-ring (bicyclic) bond motifs is 2. The highest BCUT2D eigenvalue weighted by atomic mass is 32.1. The molecule has 3 heterocycles. The molecule has 1 aromatic rings. The fourth-order valence-corrected chi connectivity index (χ4v) is 3.66. The summed E-state index contributed by atoms with van der Waals surface area (Å²) in [6.07, 6.45) is 1.63. The molecule has 2 fully saturated rings. The fraction of sp³-hybridized carbons (Fsp3) is 0.545. The maximum Gasteiger partial charge on any atom is 0.239 e. The topological polar surface area (TPSA) is 62.3 Å². The summed E-state index contributed by atoms with van der Waals surface area (Å²) in [6.45, 7) is 1.72. The van der Waals surface area contributed by atoms with E-state index in [1.807, 2.05) is 0 Å². The molecule has 2 aliphatic heterocycles. The molecule has 1 aromatic heterocycles. The van der Waals surface area contributed by atoms with Gasteiger partial charge in [-0.3, -0.25) is 9.59 Å². The third kappa shape index (κ3) is 1.25. The summed E-state index contributed by atoms with van der Waals surface area (Å²) >= 11 is 1.47. The number of rotatable bonds is 1. The van der Waals surface area contributed by atoms with Crippen molar-refractivity contribution in [2.75, 3.05) is 11.4 Å². The van der Waals surface area contributed by atoms with Crippen molar-refractivity contribution in [2.24, 2.45) is 11.8 Å². The number of carbonyl (C=O) groups excluding carboxylic acids is 2. The number of carbonyl (C=O) groups is 2. The maximum atomic E-state index is 11.9. The lowest BCUT2D eigenvalue weighted by molar-refractivity contribution is -0.123. The summed E-state index contributed by atoms with van der Waals surface area (Å²) in [6, 6.07) is 0. The molecule has 0 bridgehead atoms. The SMILES string of the molecule is O=C1C2CC2C(=O)N1c1nc2c(s1)CNCC2. The van der Waals surface area contributed by atoms with E-state index in [0.717, 1.165) is 36.5 Å². The number of amides is 2. The van der Waals surface area contributed by atoms with E-state index in [2.05, 4.69) is 10.3 Å². The summed E-state index contributed by atoms with van der Waals surface area (Å²) in [4.78, 5) is 30.8. The Morgan fingerprint density at radius 3 is 2.76 bits per heavy atom. The van der Waals surface area contributed by atoms with Crippen LogP contribution in [0.5, 0.6) is 0 Å². The zero-order chi connectivity index (χ0) is 11.6. The minimum absolute atomic E-state index is 0.0402. The minimum Gasteiger partial charge on any atom is -0.311 e. The molecule has 3 aliphatic rings. The fourth-order valence-electron chi connectivity index (χ4n) is 2.58. The van der Waals surface area contributed by atoms with Crippen LogP contribution in [0.15, 0.2) is 0 Å². The molecule has 1 saturated carbocycles. The molecule has 5 nitrogen and oxygen atoms in total. The van der Waals surface area contributed by atoms with Gasteiger partial charge in [-0.2, -0.15) is 0 Å². The Morgan fingerprint density at radius 1 is 1.29 bits per heavy atom. The quantitative estimate of drug-likeness (QED) is 0.727. The number of hydrogen-bond donors (Lipinski definition) is 1. The van der Waals surface area contributed by atoms with Crippen LogP contribution in [0.2, 0.25) is 0 Å². The molecule has 1 aliphatic carbocycles. The van der Waals surface area contributed by atoms with E-state index in [9.17, 15) is 9.59 Å². The van der Waals surface area contributed by atoms with Crippen molar-refractivity contribution in [2.45, 2.75) is 19.4 Å². The number of imide groups is 1. The number of piperidine rings is 1. The van der Waals surface area contributed by atoms with Gasteiger partial charge in [0.05, 0.1) is 17.5 Å². The summed E-state index contributed by atoms with van der Waals surface area (Å²) in [7, 11) is 0. The second-order valence-electron chi connectivity index (χ2n) is 4.75. The van der Waals surface area contributed by atoms with Crippen LogP contribution in [0.25, 0.3) is 0 Å². The van der Waals surface area contributed by atoms with E-state index in [-0.39, 0.29) is 23.7 Å². The average Bonchev–Trinajstić information content (AvgIpc) is 2.95. The highest BCUT2D eigenvalue weighted by Gasteiger charge is 2.60. The van der Waals surface area contributed by atoms with Gasteiger partial charge in [-0.15, -0.1) is 0 Å². The van der Waals surface area contributed by atoms with Crippen molar-refractivity contribution >= 4 is 28.3 Å². The zero-order valence-corrected chi connectivity index (χ0v) is 9.92. The van der Waals surface area contributed by atoms with Crippen molar-refractivity contribution in [3.63, 3.8) is 0 Å². The number of hydrogen-bond acceptors (Lipinski definition) is 5. The van der Waals surface area contributed by atoms with Gasteiger partial charge in [-0.1, -0.05) is 11.3 Å². The molecule has 0 spiro atoms. The second kappa shape index (κ2) is 3.14. The van der Waals surface area contributed by atoms with Crippen molar-refractivity contribution in [1.82, 2.24) is 10.3 Å². The second-order valence-corrected chi connectivity index (χ2v) is 5.82. The van der Waals surface area contributed by atoms with Crippen molar-refractivity contribution < 1.29 is 9.59 Å². The molecular weight excluding hydrogens is 238 g/mol. The number of thiazole rings is 1. The largest absolute Gasteiger partial charge is 0.311 e. The molecule has 0 radical (unpaired) electrons. The first-order chi connectivity index (χ1) is 8.25. The van der Waals surface area contributed by atoms with Crippen molar-refractivity contribution in [1.29, 1.82) is 0 Å². The molecule has 2 amide bonds. The predicted octanol–water partition coefficient (Wildman–Crippen LogP) is 0.298. The molecule has 6 heteroatoms. The number of nitrogens with one attached hydrogen (secondary N) is 1. The zero-order valence-electron chi connectivity index (χ0n) is 9.10. The summed E-state index contributed by atoms with van der Waals surface area (Å²) < 4.78 is 0. The third-order valence-corrected chi connectivity index (χ3v) is 4.73. The predicted molar refractivity (Wildman–Crippen MR) is 61.6 cm³/mol. The third-order valence-electron chi connectivity index (χ3n) is 3.65. The maximum absolute atomic E-state index is 11.9. The molecule has 2 unspecified atom stereocenters. The first kappa shape index (κ1) is 9.73. The molecule has 1 saturated heterocycles. The molecule has 4 rings (SSSR count). The molecule has 1 N–H and O–H groups in total. The van der Waals surface area contributed by atoms with E-state index in [0.29, 0.717) is 5.13 Å². The van der Waals surface area contributed by atoms with Crippen LogP contribution in [0, 0.1) is 11.8 Å². The Labute approximate surface area is 102 Å². The monoisotopic (exact) mass is 249 g/mol. The number of aromatic nitrogens is 1. The van der Waals surface area contributed by atoms with Crippen LogP contribution >= 0.6 is 11.3 Å². The van der Waals surface area contributed by atoms with Crippen LogP contribution in [0.1, 0.15) is 17.0 Å². The van der Waals surface area contributed by atoms with Crippen molar-refractivity contribution in [3.8, 4) is 0 Å². The smallest absolute Gasteiger partial charge is 0.239 e. The minimum atomic E-state index is -0.0425. The van der Waals surface area contributed by atoms with E-state index in [1.165, 1.54) is 16.2 Å². The van der Waals surface area contributed by atoms with E-state index >= 15 is 0 Å².